The lowest BCUT2D eigenvalue weighted by Crippen LogP contribution is -2.31. The summed E-state index contributed by atoms with van der Waals surface area (Å²) in [7, 11) is 0. The largest absolute Gasteiger partial charge is 0.368 e. The number of nitrogens with zero attached hydrogens (tertiary/aromatic N) is 6. The van der Waals surface area contributed by atoms with Gasteiger partial charge in [-0.1, -0.05) is 29.8 Å². The highest BCUT2D eigenvalue weighted by molar-refractivity contribution is 5.40. The normalized spacial score (nSPS) is 18.2. The topological polar surface area (TPSA) is 111 Å². The summed E-state index contributed by atoms with van der Waals surface area (Å²) in [5.74, 6) is 1.46. The molecule has 1 aliphatic heterocycles. The molecule has 1 unspecified atom stereocenters. The lowest BCUT2D eigenvalue weighted by Gasteiger charge is -2.23. The van der Waals surface area contributed by atoms with Gasteiger partial charge in [0.05, 0.1) is 0 Å². The van der Waals surface area contributed by atoms with Crippen LogP contribution >= 0.6 is 0 Å². The van der Waals surface area contributed by atoms with Crippen molar-refractivity contribution in [3.63, 3.8) is 0 Å². The summed E-state index contributed by atoms with van der Waals surface area (Å²) >= 11 is 0. The van der Waals surface area contributed by atoms with Crippen molar-refractivity contribution in [2.75, 3.05) is 18.0 Å². The first-order chi connectivity index (χ1) is 12.1. The monoisotopic (exact) mass is 338 g/mol. The Hall–Kier alpha value is -2.74. The summed E-state index contributed by atoms with van der Waals surface area (Å²) in [4.78, 5) is 15.0. The third kappa shape index (κ3) is 3.25. The van der Waals surface area contributed by atoms with Crippen molar-refractivity contribution in [1.29, 1.82) is 0 Å². The lowest BCUT2D eigenvalue weighted by atomic mass is 10.1. The molecule has 4 rings (SSSR count). The molecule has 130 valence electrons. The van der Waals surface area contributed by atoms with E-state index in [0.717, 1.165) is 31.8 Å². The number of hydrogen-bond acceptors (Lipinski definition) is 7. The first-order valence-electron chi connectivity index (χ1n) is 8.53. The van der Waals surface area contributed by atoms with E-state index in [1.54, 1.807) is 0 Å². The zero-order valence-corrected chi connectivity index (χ0v) is 14.3. The average Bonchev–Trinajstić information content (AvgIpc) is 3.17. The SMILES string of the molecule is Cc1ccc(CN2CCCC2Cc2nc3nc(N)nc(N)n3n2)cc1. The number of nitrogens with two attached hydrogens (primary N) is 2. The van der Waals surface area contributed by atoms with E-state index in [9.17, 15) is 0 Å². The summed E-state index contributed by atoms with van der Waals surface area (Å²) in [6.45, 7) is 4.16. The first kappa shape index (κ1) is 15.8. The zero-order chi connectivity index (χ0) is 17.4. The van der Waals surface area contributed by atoms with E-state index in [2.05, 4.69) is 56.1 Å². The number of nitrogen functional groups attached to an aromatic ring is 2. The molecule has 0 bridgehead atoms. The minimum atomic E-state index is 0.116. The van der Waals surface area contributed by atoms with Crippen LogP contribution in [0.25, 0.3) is 5.78 Å². The maximum Gasteiger partial charge on any atom is 0.258 e. The van der Waals surface area contributed by atoms with Crippen molar-refractivity contribution in [2.45, 2.75) is 38.8 Å². The summed E-state index contributed by atoms with van der Waals surface area (Å²) < 4.78 is 1.45. The maximum atomic E-state index is 5.84. The van der Waals surface area contributed by atoms with Crippen LogP contribution in [0.2, 0.25) is 0 Å². The first-order valence-corrected chi connectivity index (χ1v) is 8.53. The van der Waals surface area contributed by atoms with Crippen LogP contribution in [0.15, 0.2) is 24.3 Å². The minimum absolute atomic E-state index is 0.116. The number of benzene rings is 1. The molecule has 1 fully saturated rings. The molecule has 0 amide bonds. The Bertz CT molecular complexity index is 886. The molecule has 8 heteroatoms. The molecule has 1 aromatic carbocycles. The van der Waals surface area contributed by atoms with Crippen LogP contribution in [0.5, 0.6) is 0 Å². The second-order valence-electron chi connectivity index (χ2n) is 6.64. The lowest BCUT2D eigenvalue weighted by molar-refractivity contribution is 0.241. The van der Waals surface area contributed by atoms with E-state index in [1.165, 1.54) is 22.1 Å². The number of anilines is 2. The molecule has 8 nitrogen and oxygen atoms in total. The molecule has 4 N–H and O–H groups in total. The highest BCUT2D eigenvalue weighted by atomic mass is 15.4. The van der Waals surface area contributed by atoms with Gasteiger partial charge < -0.3 is 11.5 Å². The predicted molar refractivity (Wildman–Crippen MR) is 95.7 cm³/mol. The molecule has 2 aromatic heterocycles. The summed E-state index contributed by atoms with van der Waals surface area (Å²) in [5, 5.41) is 4.44. The molecule has 25 heavy (non-hydrogen) atoms. The molecule has 1 atom stereocenters. The quantitative estimate of drug-likeness (QED) is 0.735. The van der Waals surface area contributed by atoms with Crippen molar-refractivity contribution < 1.29 is 0 Å². The van der Waals surface area contributed by atoms with Gasteiger partial charge in [-0.2, -0.15) is 19.5 Å². The average molecular weight is 338 g/mol. The van der Waals surface area contributed by atoms with Gasteiger partial charge in [0.25, 0.3) is 5.78 Å². The summed E-state index contributed by atoms with van der Waals surface area (Å²) in [5.41, 5.74) is 14.1. The molecule has 3 aromatic rings. The van der Waals surface area contributed by atoms with Crippen molar-refractivity contribution in [3.8, 4) is 0 Å². The Balaban J connectivity index is 1.51. The van der Waals surface area contributed by atoms with E-state index >= 15 is 0 Å². The van der Waals surface area contributed by atoms with Gasteiger partial charge in [0, 0.05) is 19.0 Å². The van der Waals surface area contributed by atoms with E-state index in [-0.39, 0.29) is 11.9 Å². The van der Waals surface area contributed by atoms with Crippen LogP contribution in [-0.2, 0) is 13.0 Å². The Labute approximate surface area is 145 Å². The fourth-order valence-electron chi connectivity index (χ4n) is 3.42. The predicted octanol–water partition coefficient (Wildman–Crippen LogP) is 1.20. The van der Waals surface area contributed by atoms with Crippen LogP contribution in [0.4, 0.5) is 11.9 Å². The van der Waals surface area contributed by atoms with Gasteiger partial charge in [0.1, 0.15) is 0 Å². The number of hydrogen-bond donors (Lipinski definition) is 2. The second-order valence-corrected chi connectivity index (χ2v) is 6.64. The van der Waals surface area contributed by atoms with Gasteiger partial charge in [-0.05, 0) is 31.9 Å². The number of likely N-dealkylation sites (tertiary alicyclic amines) is 1. The van der Waals surface area contributed by atoms with Gasteiger partial charge in [-0.15, -0.1) is 5.10 Å². The second kappa shape index (κ2) is 6.29. The van der Waals surface area contributed by atoms with Crippen molar-refractivity contribution in [3.05, 3.63) is 41.2 Å². The molecule has 1 saturated heterocycles. The molecular weight excluding hydrogens is 316 g/mol. The van der Waals surface area contributed by atoms with Gasteiger partial charge in [0.15, 0.2) is 5.82 Å². The van der Waals surface area contributed by atoms with Crippen molar-refractivity contribution in [2.24, 2.45) is 0 Å². The number of fused-ring (bicyclic) bond motifs is 1. The van der Waals surface area contributed by atoms with Crippen molar-refractivity contribution >= 4 is 17.7 Å². The smallest absolute Gasteiger partial charge is 0.258 e. The van der Waals surface area contributed by atoms with Crippen LogP contribution in [-0.4, -0.2) is 42.1 Å². The van der Waals surface area contributed by atoms with Gasteiger partial charge >= 0.3 is 0 Å². The maximum absolute atomic E-state index is 5.84. The fraction of sp³-hybridized carbons (Fsp3) is 0.412. The standard InChI is InChI=1S/C17H22N8/c1-11-4-6-12(7-5-11)10-24-8-2-3-13(24)9-14-20-17-22-15(18)21-16(19)25(17)23-14/h4-7,13H,2-3,8-10H2,1H3,(H4,18,19,20,21,22,23). The van der Waals surface area contributed by atoms with Gasteiger partial charge in [-0.25, -0.2) is 0 Å². The molecule has 0 radical (unpaired) electrons. The molecule has 0 saturated carbocycles. The Morgan fingerprint density at radius 2 is 1.92 bits per heavy atom. The molecule has 1 aliphatic rings. The van der Waals surface area contributed by atoms with Crippen LogP contribution < -0.4 is 11.5 Å². The number of aromatic nitrogens is 5. The van der Waals surface area contributed by atoms with Crippen LogP contribution in [0.1, 0.15) is 29.8 Å². The third-order valence-electron chi connectivity index (χ3n) is 4.72. The van der Waals surface area contributed by atoms with Crippen LogP contribution in [0, 0.1) is 6.92 Å². The van der Waals surface area contributed by atoms with Gasteiger partial charge in [0.2, 0.25) is 11.9 Å². The fourth-order valence-corrected chi connectivity index (χ4v) is 3.42. The van der Waals surface area contributed by atoms with E-state index in [1.807, 2.05) is 0 Å². The Kier molecular flexibility index (Phi) is 3.96. The summed E-state index contributed by atoms with van der Waals surface area (Å²) in [6.07, 6.45) is 3.11. The highest BCUT2D eigenvalue weighted by Crippen LogP contribution is 2.23. The van der Waals surface area contributed by atoms with E-state index < -0.39 is 0 Å². The van der Waals surface area contributed by atoms with E-state index in [0.29, 0.717) is 11.8 Å². The van der Waals surface area contributed by atoms with E-state index in [4.69, 9.17) is 11.5 Å². The minimum Gasteiger partial charge on any atom is -0.368 e. The number of rotatable bonds is 4. The molecule has 3 heterocycles. The van der Waals surface area contributed by atoms with Crippen LogP contribution in [0.3, 0.4) is 0 Å². The third-order valence-corrected chi connectivity index (χ3v) is 4.72. The molecular formula is C17H22N8. The highest BCUT2D eigenvalue weighted by Gasteiger charge is 2.26. The Morgan fingerprint density at radius 3 is 2.72 bits per heavy atom. The zero-order valence-electron chi connectivity index (χ0n) is 14.3. The summed E-state index contributed by atoms with van der Waals surface area (Å²) in [6, 6.07) is 9.15. The molecule has 0 spiro atoms. The number of aryl methyl sites for hydroxylation is 1. The van der Waals surface area contributed by atoms with Gasteiger partial charge in [-0.3, -0.25) is 4.90 Å². The molecule has 0 aliphatic carbocycles. The van der Waals surface area contributed by atoms with Crippen molar-refractivity contribution in [1.82, 2.24) is 29.5 Å². The Morgan fingerprint density at radius 1 is 1.12 bits per heavy atom.